The number of aromatic nitrogens is 2. The predicted octanol–water partition coefficient (Wildman–Crippen LogP) is 6.14. The maximum atomic E-state index is 14.5. The maximum absolute atomic E-state index is 14.5. The molecular formula is C26H19FN2. The molecule has 140 valence electrons. The molecule has 5 aromatic rings. The molecule has 0 saturated heterocycles. The summed E-state index contributed by atoms with van der Waals surface area (Å²) in [5.74, 6) is -0.165. The Morgan fingerprint density at radius 2 is 1.66 bits per heavy atom. The fourth-order valence-electron chi connectivity index (χ4n) is 4.68. The Morgan fingerprint density at radius 1 is 0.862 bits per heavy atom. The number of pyridine rings is 1. The van der Waals surface area contributed by atoms with Crippen LogP contribution in [0.3, 0.4) is 0 Å². The van der Waals surface area contributed by atoms with Crippen molar-refractivity contribution in [3.63, 3.8) is 0 Å². The van der Waals surface area contributed by atoms with Crippen molar-refractivity contribution in [3.05, 3.63) is 101 Å². The third-order valence-corrected chi connectivity index (χ3v) is 6.03. The number of hydrogen-bond acceptors (Lipinski definition) is 1. The van der Waals surface area contributed by atoms with Gasteiger partial charge in [-0.2, -0.15) is 0 Å². The molecule has 1 aliphatic rings. The highest BCUT2D eigenvalue weighted by molar-refractivity contribution is 5.94. The Hall–Kier alpha value is -3.46. The third kappa shape index (κ3) is 2.51. The summed E-state index contributed by atoms with van der Waals surface area (Å²) < 4.78 is 16.7. The van der Waals surface area contributed by atoms with Gasteiger partial charge in [-0.1, -0.05) is 54.6 Å². The molecular weight excluding hydrogens is 359 g/mol. The Morgan fingerprint density at radius 3 is 2.59 bits per heavy atom. The van der Waals surface area contributed by atoms with Gasteiger partial charge in [0.25, 0.3) is 0 Å². The lowest BCUT2D eigenvalue weighted by Crippen LogP contribution is -2.10. The lowest BCUT2D eigenvalue weighted by atomic mass is 9.91. The third-order valence-electron chi connectivity index (χ3n) is 6.03. The monoisotopic (exact) mass is 378 g/mol. The molecule has 0 aliphatic heterocycles. The van der Waals surface area contributed by atoms with Crippen LogP contribution >= 0.6 is 0 Å². The van der Waals surface area contributed by atoms with Crippen molar-refractivity contribution < 1.29 is 4.39 Å². The molecule has 0 N–H and O–H groups in total. The zero-order valence-corrected chi connectivity index (χ0v) is 15.9. The minimum Gasteiger partial charge on any atom is -0.334 e. The molecule has 2 nitrogen and oxygen atoms in total. The fourth-order valence-corrected chi connectivity index (χ4v) is 4.68. The Bertz CT molecular complexity index is 1400. The maximum Gasteiger partial charge on any atom is 0.128 e. The van der Waals surface area contributed by atoms with E-state index in [0.29, 0.717) is 12.1 Å². The standard InChI is InChI=1S/C26H19FN2/c27-22-10-4-1-8-19(22)16-29-24-12-6-3-9-20(24)21-14-13-18-15-17-7-2-5-11-23(17)28-25(18)26(21)29/h1-12,15H,13-14,16H2. The summed E-state index contributed by atoms with van der Waals surface area (Å²) in [7, 11) is 0. The summed E-state index contributed by atoms with van der Waals surface area (Å²) in [6.45, 7) is 0.496. The van der Waals surface area contributed by atoms with Gasteiger partial charge >= 0.3 is 0 Å². The predicted molar refractivity (Wildman–Crippen MR) is 116 cm³/mol. The van der Waals surface area contributed by atoms with E-state index in [-0.39, 0.29) is 5.82 Å². The van der Waals surface area contributed by atoms with Gasteiger partial charge in [0.2, 0.25) is 0 Å². The van der Waals surface area contributed by atoms with E-state index >= 15 is 0 Å². The van der Waals surface area contributed by atoms with Crippen molar-refractivity contribution in [2.45, 2.75) is 19.4 Å². The van der Waals surface area contributed by atoms with E-state index in [1.165, 1.54) is 28.0 Å². The lowest BCUT2D eigenvalue weighted by molar-refractivity contribution is 0.602. The average Bonchev–Trinajstić information content (AvgIpc) is 3.08. The van der Waals surface area contributed by atoms with E-state index in [4.69, 9.17) is 4.98 Å². The summed E-state index contributed by atoms with van der Waals surface area (Å²) in [5.41, 5.74) is 7.62. The first kappa shape index (κ1) is 16.5. The minimum absolute atomic E-state index is 0.165. The van der Waals surface area contributed by atoms with Gasteiger partial charge in [0.1, 0.15) is 5.82 Å². The molecule has 2 aromatic heterocycles. The molecule has 0 saturated carbocycles. The second-order valence-electron chi connectivity index (χ2n) is 7.71. The highest BCUT2D eigenvalue weighted by Gasteiger charge is 2.26. The molecule has 3 heteroatoms. The number of halogens is 1. The summed E-state index contributed by atoms with van der Waals surface area (Å²) >= 11 is 0. The summed E-state index contributed by atoms with van der Waals surface area (Å²) in [6.07, 6.45) is 1.96. The number of fused-ring (bicyclic) bond motifs is 6. The number of nitrogens with zero attached hydrogens (tertiary/aromatic N) is 2. The van der Waals surface area contributed by atoms with Gasteiger partial charge in [-0.3, -0.25) is 0 Å². The molecule has 29 heavy (non-hydrogen) atoms. The van der Waals surface area contributed by atoms with Crippen LogP contribution in [0, 0.1) is 5.82 Å². The van der Waals surface area contributed by atoms with Crippen molar-refractivity contribution >= 4 is 21.8 Å². The Labute approximate surface area is 168 Å². The summed E-state index contributed by atoms with van der Waals surface area (Å²) in [4.78, 5) is 5.06. The van der Waals surface area contributed by atoms with Gasteiger partial charge in [-0.15, -0.1) is 0 Å². The smallest absolute Gasteiger partial charge is 0.128 e. The Kier molecular flexibility index (Phi) is 3.57. The van der Waals surface area contributed by atoms with Crippen LogP contribution in [0.4, 0.5) is 4.39 Å². The molecule has 0 atom stereocenters. The van der Waals surface area contributed by atoms with Crippen molar-refractivity contribution in [1.82, 2.24) is 9.55 Å². The second kappa shape index (κ2) is 6.28. The fraction of sp³-hybridized carbons (Fsp3) is 0.115. The van der Waals surface area contributed by atoms with E-state index in [2.05, 4.69) is 53.1 Å². The van der Waals surface area contributed by atoms with Crippen molar-refractivity contribution in [3.8, 4) is 11.4 Å². The molecule has 3 aromatic carbocycles. The van der Waals surface area contributed by atoms with Crippen LogP contribution in [-0.2, 0) is 19.4 Å². The minimum atomic E-state index is -0.165. The first-order chi connectivity index (χ1) is 14.3. The molecule has 0 unspecified atom stereocenters. The number of rotatable bonds is 2. The van der Waals surface area contributed by atoms with Crippen LogP contribution < -0.4 is 0 Å². The van der Waals surface area contributed by atoms with Crippen molar-refractivity contribution in [1.29, 1.82) is 0 Å². The molecule has 0 fully saturated rings. The molecule has 2 heterocycles. The molecule has 0 amide bonds. The first-order valence-corrected chi connectivity index (χ1v) is 10.0. The zero-order valence-electron chi connectivity index (χ0n) is 15.9. The molecule has 1 aliphatic carbocycles. The number of para-hydroxylation sites is 2. The molecule has 0 spiro atoms. The van der Waals surface area contributed by atoms with Gasteiger partial charge in [0.15, 0.2) is 0 Å². The van der Waals surface area contributed by atoms with E-state index in [1.807, 2.05) is 18.2 Å². The summed E-state index contributed by atoms with van der Waals surface area (Å²) in [5, 5.41) is 2.42. The van der Waals surface area contributed by atoms with Gasteiger partial charge in [-0.05, 0) is 48.2 Å². The SMILES string of the molecule is Fc1ccccc1Cn1c2c(c3ccccc31)CCc1cc3ccccc3nc1-2. The van der Waals surface area contributed by atoms with E-state index in [9.17, 15) is 4.39 Å². The number of benzene rings is 3. The van der Waals surface area contributed by atoms with E-state index in [0.717, 1.165) is 35.3 Å². The van der Waals surface area contributed by atoms with Gasteiger partial charge in [-0.25, -0.2) is 9.37 Å². The highest BCUT2D eigenvalue weighted by Crippen LogP contribution is 2.40. The van der Waals surface area contributed by atoms with Crippen LogP contribution in [0.5, 0.6) is 0 Å². The van der Waals surface area contributed by atoms with Crippen LogP contribution in [-0.4, -0.2) is 9.55 Å². The second-order valence-corrected chi connectivity index (χ2v) is 7.71. The average molecular weight is 378 g/mol. The zero-order chi connectivity index (χ0) is 19.4. The van der Waals surface area contributed by atoms with E-state index < -0.39 is 0 Å². The van der Waals surface area contributed by atoms with Gasteiger partial charge in [0, 0.05) is 21.9 Å². The van der Waals surface area contributed by atoms with Gasteiger partial charge in [0.05, 0.1) is 23.4 Å². The summed E-state index contributed by atoms with van der Waals surface area (Å²) in [6, 6.07) is 26.0. The molecule has 0 radical (unpaired) electrons. The number of hydrogen-bond donors (Lipinski definition) is 0. The normalized spacial score (nSPS) is 12.9. The molecule has 0 bridgehead atoms. The Balaban J connectivity index is 1.66. The van der Waals surface area contributed by atoms with Crippen molar-refractivity contribution in [2.24, 2.45) is 0 Å². The van der Waals surface area contributed by atoms with Crippen LogP contribution in [0.1, 0.15) is 16.7 Å². The first-order valence-electron chi connectivity index (χ1n) is 10.0. The lowest BCUT2D eigenvalue weighted by Gasteiger charge is -2.20. The van der Waals surface area contributed by atoms with Gasteiger partial charge < -0.3 is 4.57 Å². The molecule has 6 rings (SSSR count). The number of aryl methyl sites for hydroxylation is 2. The van der Waals surface area contributed by atoms with Crippen LogP contribution in [0.2, 0.25) is 0 Å². The topological polar surface area (TPSA) is 17.8 Å². The largest absolute Gasteiger partial charge is 0.334 e. The van der Waals surface area contributed by atoms with E-state index in [1.54, 1.807) is 6.07 Å². The van der Waals surface area contributed by atoms with Crippen LogP contribution in [0.25, 0.3) is 33.2 Å². The van der Waals surface area contributed by atoms with Crippen molar-refractivity contribution in [2.75, 3.05) is 0 Å². The highest BCUT2D eigenvalue weighted by atomic mass is 19.1. The van der Waals surface area contributed by atoms with Crippen LogP contribution in [0.15, 0.2) is 78.9 Å². The quantitative estimate of drug-likeness (QED) is 0.361.